The highest BCUT2D eigenvalue weighted by Gasteiger charge is 2.69. The van der Waals surface area contributed by atoms with E-state index in [9.17, 15) is 10.1 Å². The summed E-state index contributed by atoms with van der Waals surface area (Å²) in [6.07, 6.45) is 9.61. The van der Waals surface area contributed by atoms with Gasteiger partial charge in [0.25, 0.3) is 0 Å². The second-order valence-corrected chi connectivity index (χ2v) is 10.7. The van der Waals surface area contributed by atoms with Crippen molar-refractivity contribution in [2.24, 2.45) is 39.9 Å². The molecule has 0 heterocycles. The van der Waals surface area contributed by atoms with Gasteiger partial charge in [-0.25, -0.2) is 0 Å². The standard InChI is InChI=1S/C24H37NO4/c1-22-9-5-10-23(2,21(26)28-4)18(22)7-12-24-11-6-16(14-19(22)24)17(8-13-25)20(24)29-15-27-3/h16-20H,5-12,14-15H2,1-4H3/t16-,17+,18+,19+,20-,22-,23-,24+/m1/s1. The van der Waals surface area contributed by atoms with Gasteiger partial charge in [-0.15, -0.1) is 0 Å². The summed E-state index contributed by atoms with van der Waals surface area (Å²) in [5.74, 6) is 1.75. The van der Waals surface area contributed by atoms with E-state index in [1.54, 1.807) is 7.11 Å². The Balaban J connectivity index is 1.72. The first kappa shape index (κ1) is 21.1. The fourth-order valence-corrected chi connectivity index (χ4v) is 8.73. The topological polar surface area (TPSA) is 68.5 Å². The quantitative estimate of drug-likeness (QED) is 0.491. The monoisotopic (exact) mass is 403 g/mol. The molecular formula is C24H37NO4. The molecule has 0 N–H and O–H groups in total. The molecule has 162 valence electrons. The minimum atomic E-state index is -0.380. The zero-order valence-corrected chi connectivity index (χ0v) is 18.5. The van der Waals surface area contributed by atoms with Crippen molar-refractivity contribution in [3.8, 4) is 6.07 Å². The van der Waals surface area contributed by atoms with E-state index in [4.69, 9.17) is 14.2 Å². The third-order valence-corrected chi connectivity index (χ3v) is 9.79. The average molecular weight is 404 g/mol. The Morgan fingerprint density at radius 3 is 2.55 bits per heavy atom. The molecule has 1 spiro atoms. The summed E-state index contributed by atoms with van der Waals surface area (Å²) in [7, 11) is 3.21. The Morgan fingerprint density at radius 2 is 1.86 bits per heavy atom. The van der Waals surface area contributed by atoms with Crippen LogP contribution in [0.1, 0.15) is 71.6 Å². The van der Waals surface area contributed by atoms with Gasteiger partial charge in [-0.2, -0.15) is 5.26 Å². The highest BCUT2D eigenvalue weighted by atomic mass is 16.7. The van der Waals surface area contributed by atoms with Gasteiger partial charge in [0.1, 0.15) is 6.79 Å². The van der Waals surface area contributed by atoms with Crippen LogP contribution in [-0.2, 0) is 19.0 Å². The highest BCUT2D eigenvalue weighted by molar-refractivity contribution is 5.77. The van der Waals surface area contributed by atoms with Gasteiger partial charge in [0.15, 0.2) is 0 Å². The zero-order chi connectivity index (χ0) is 20.9. The van der Waals surface area contributed by atoms with E-state index in [2.05, 4.69) is 19.9 Å². The van der Waals surface area contributed by atoms with Crippen molar-refractivity contribution >= 4 is 5.97 Å². The molecule has 0 saturated heterocycles. The molecule has 8 atom stereocenters. The summed E-state index contributed by atoms with van der Waals surface area (Å²) in [5, 5.41) is 9.49. The highest BCUT2D eigenvalue weighted by Crippen LogP contribution is 2.73. The molecule has 5 saturated carbocycles. The van der Waals surface area contributed by atoms with E-state index in [1.165, 1.54) is 32.8 Å². The number of hydrogen-bond acceptors (Lipinski definition) is 5. The molecule has 5 fully saturated rings. The first-order chi connectivity index (χ1) is 13.9. The summed E-state index contributed by atoms with van der Waals surface area (Å²) in [6, 6.07) is 2.44. The Morgan fingerprint density at radius 1 is 1.10 bits per heavy atom. The van der Waals surface area contributed by atoms with Crippen LogP contribution in [0.25, 0.3) is 0 Å². The third kappa shape index (κ3) is 2.89. The van der Waals surface area contributed by atoms with Gasteiger partial charge in [0, 0.05) is 24.9 Å². The molecule has 0 radical (unpaired) electrons. The molecule has 5 rings (SSSR count). The van der Waals surface area contributed by atoms with Gasteiger partial charge in [0.2, 0.25) is 0 Å². The van der Waals surface area contributed by atoms with E-state index in [0.717, 1.165) is 25.7 Å². The van der Waals surface area contributed by atoms with Gasteiger partial charge in [0.05, 0.1) is 24.7 Å². The summed E-state index contributed by atoms with van der Waals surface area (Å²) in [6.45, 7) is 4.90. The Kier molecular flexibility index (Phi) is 5.49. The summed E-state index contributed by atoms with van der Waals surface area (Å²) < 4.78 is 17.0. The number of carbonyl (C=O) groups is 1. The second kappa shape index (κ2) is 7.54. The van der Waals surface area contributed by atoms with Crippen LogP contribution in [0.5, 0.6) is 0 Å². The van der Waals surface area contributed by atoms with Crippen LogP contribution >= 0.6 is 0 Å². The van der Waals surface area contributed by atoms with Crippen molar-refractivity contribution in [1.29, 1.82) is 5.26 Å². The van der Waals surface area contributed by atoms with E-state index in [1.807, 2.05) is 0 Å². The zero-order valence-electron chi connectivity index (χ0n) is 18.5. The largest absolute Gasteiger partial charge is 0.469 e. The van der Waals surface area contributed by atoms with Crippen LogP contribution in [0.3, 0.4) is 0 Å². The molecule has 0 aromatic heterocycles. The van der Waals surface area contributed by atoms with Gasteiger partial charge < -0.3 is 14.2 Å². The Labute approximate surface area is 175 Å². The first-order valence-corrected chi connectivity index (χ1v) is 11.4. The van der Waals surface area contributed by atoms with Gasteiger partial charge in [-0.05, 0) is 75.0 Å². The normalized spacial score (nSPS) is 48.3. The van der Waals surface area contributed by atoms with E-state index < -0.39 is 0 Å². The van der Waals surface area contributed by atoms with Crippen LogP contribution in [-0.4, -0.2) is 33.1 Å². The fourth-order valence-electron chi connectivity index (χ4n) is 8.73. The fraction of sp³-hybridized carbons (Fsp3) is 0.917. The third-order valence-electron chi connectivity index (χ3n) is 9.79. The lowest BCUT2D eigenvalue weighted by Crippen LogP contribution is -2.67. The van der Waals surface area contributed by atoms with E-state index >= 15 is 0 Å². The molecule has 0 amide bonds. The Hall–Kier alpha value is -1.12. The predicted octanol–water partition coefficient (Wildman–Crippen LogP) is 4.70. The smallest absolute Gasteiger partial charge is 0.311 e. The van der Waals surface area contributed by atoms with Crippen molar-refractivity contribution in [3.05, 3.63) is 0 Å². The SMILES string of the molecule is COCO[C@@H]1[C@@H](CC#N)[C@@H]2CC[C@@]13CC[C@H]1[C@@](C)(CCC[C@@]1(C)C(=O)OC)[C@@H]3C2. The Bertz CT molecular complexity index is 689. The maximum atomic E-state index is 12.8. The van der Waals surface area contributed by atoms with Gasteiger partial charge in [-0.3, -0.25) is 4.79 Å². The average Bonchev–Trinajstić information content (AvgIpc) is 2.72. The van der Waals surface area contributed by atoms with Crippen LogP contribution in [0.15, 0.2) is 0 Å². The predicted molar refractivity (Wildman–Crippen MR) is 109 cm³/mol. The molecule has 29 heavy (non-hydrogen) atoms. The van der Waals surface area contributed by atoms with Crippen LogP contribution in [0.4, 0.5) is 0 Å². The summed E-state index contributed by atoms with van der Waals surface area (Å²) in [4.78, 5) is 12.8. The summed E-state index contributed by atoms with van der Waals surface area (Å²) >= 11 is 0. The molecule has 0 aromatic rings. The maximum absolute atomic E-state index is 12.8. The second-order valence-electron chi connectivity index (χ2n) is 10.7. The lowest BCUT2D eigenvalue weighted by molar-refractivity contribution is -0.268. The van der Waals surface area contributed by atoms with E-state index in [0.29, 0.717) is 36.9 Å². The molecule has 5 aliphatic carbocycles. The van der Waals surface area contributed by atoms with Crippen LogP contribution in [0, 0.1) is 51.2 Å². The molecule has 0 aliphatic heterocycles. The lowest BCUT2D eigenvalue weighted by atomic mass is 9.35. The number of rotatable bonds is 5. The number of hydrogen-bond donors (Lipinski definition) is 0. The minimum Gasteiger partial charge on any atom is -0.469 e. The number of nitriles is 1. The minimum absolute atomic E-state index is 0.0279. The molecular weight excluding hydrogens is 366 g/mol. The summed E-state index contributed by atoms with van der Waals surface area (Å²) in [5.41, 5.74) is -0.131. The number of fused-ring (bicyclic) bond motifs is 3. The number of carbonyl (C=O) groups excluding carboxylic acids is 1. The van der Waals surface area contributed by atoms with Crippen LogP contribution in [0.2, 0.25) is 0 Å². The molecule has 2 bridgehead atoms. The van der Waals surface area contributed by atoms with Crippen molar-refractivity contribution in [3.63, 3.8) is 0 Å². The van der Waals surface area contributed by atoms with Crippen molar-refractivity contribution in [1.82, 2.24) is 0 Å². The number of esters is 1. The molecule has 5 heteroatoms. The van der Waals surface area contributed by atoms with E-state index in [-0.39, 0.29) is 28.3 Å². The van der Waals surface area contributed by atoms with Crippen molar-refractivity contribution in [2.75, 3.05) is 21.0 Å². The molecule has 0 unspecified atom stereocenters. The molecule has 5 aliphatic rings. The van der Waals surface area contributed by atoms with Gasteiger partial charge in [-0.1, -0.05) is 13.3 Å². The van der Waals surface area contributed by atoms with Crippen LogP contribution < -0.4 is 0 Å². The maximum Gasteiger partial charge on any atom is 0.311 e. The molecule has 0 aromatic carbocycles. The van der Waals surface area contributed by atoms with Gasteiger partial charge >= 0.3 is 5.97 Å². The number of nitrogens with zero attached hydrogens (tertiary/aromatic N) is 1. The first-order valence-electron chi connectivity index (χ1n) is 11.4. The van der Waals surface area contributed by atoms with Crippen molar-refractivity contribution in [2.45, 2.75) is 77.7 Å². The number of methoxy groups -OCH3 is 2. The van der Waals surface area contributed by atoms with Crippen molar-refractivity contribution < 1.29 is 19.0 Å². The number of ether oxygens (including phenoxy) is 3. The lowest BCUT2D eigenvalue weighted by Gasteiger charge is -2.70. The molecule has 5 nitrogen and oxygen atoms in total.